The first-order valence-electron chi connectivity index (χ1n) is 9.64. The van der Waals surface area contributed by atoms with Crippen molar-refractivity contribution in [1.82, 2.24) is 4.90 Å². The normalized spacial score (nSPS) is 17.7. The molecule has 31 heavy (non-hydrogen) atoms. The summed E-state index contributed by atoms with van der Waals surface area (Å²) >= 11 is 0. The Bertz CT molecular complexity index is 1010. The van der Waals surface area contributed by atoms with Crippen LogP contribution < -0.4 is 4.74 Å². The first-order valence-corrected chi connectivity index (χ1v) is 9.64. The minimum Gasteiger partial charge on any atom is -0.507 e. The fourth-order valence-corrected chi connectivity index (χ4v) is 3.46. The molecule has 1 heterocycles. The summed E-state index contributed by atoms with van der Waals surface area (Å²) in [6.45, 7) is 2.71. The maximum atomic E-state index is 12.8. The van der Waals surface area contributed by atoms with Gasteiger partial charge < -0.3 is 19.5 Å². The topological polar surface area (TPSA) is 119 Å². The van der Waals surface area contributed by atoms with Crippen molar-refractivity contribution in [1.29, 1.82) is 0 Å². The summed E-state index contributed by atoms with van der Waals surface area (Å²) in [7, 11) is 1.49. The van der Waals surface area contributed by atoms with Crippen LogP contribution in [0.25, 0.3) is 5.76 Å². The number of ketones is 1. The number of hydrogen-bond donors (Lipinski definition) is 1. The van der Waals surface area contributed by atoms with Crippen LogP contribution in [0.4, 0.5) is 5.69 Å². The summed E-state index contributed by atoms with van der Waals surface area (Å²) in [4.78, 5) is 37.2. The van der Waals surface area contributed by atoms with E-state index in [9.17, 15) is 24.8 Å². The molecule has 0 spiro atoms. The van der Waals surface area contributed by atoms with Gasteiger partial charge >= 0.3 is 0 Å². The largest absolute Gasteiger partial charge is 0.507 e. The molecular weight excluding hydrogens is 404 g/mol. The number of carbonyl (C=O) groups excluding carboxylic acids is 2. The average Bonchev–Trinajstić information content (AvgIpc) is 3.02. The molecular formula is C22H22N2O7. The summed E-state index contributed by atoms with van der Waals surface area (Å²) in [6.07, 6.45) is 0. The van der Waals surface area contributed by atoms with Crippen LogP contribution in [0.2, 0.25) is 0 Å². The van der Waals surface area contributed by atoms with E-state index >= 15 is 0 Å². The second kappa shape index (κ2) is 9.40. The van der Waals surface area contributed by atoms with E-state index in [4.69, 9.17) is 9.47 Å². The minimum atomic E-state index is -0.832. The van der Waals surface area contributed by atoms with E-state index in [0.29, 0.717) is 17.9 Å². The molecule has 9 heteroatoms. The molecule has 1 saturated heterocycles. The van der Waals surface area contributed by atoms with E-state index in [2.05, 4.69) is 0 Å². The van der Waals surface area contributed by atoms with Crippen LogP contribution in [0.3, 0.4) is 0 Å². The van der Waals surface area contributed by atoms with Crippen molar-refractivity contribution in [2.45, 2.75) is 13.0 Å². The van der Waals surface area contributed by atoms with Crippen molar-refractivity contribution in [2.24, 2.45) is 0 Å². The zero-order valence-corrected chi connectivity index (χ0v) is 17.1. The highest BCUT2D eigenvalue weighted by Gasteiger charge is 2.45. The van der Waals surface area contributed by atoms with Crippen molar-refractivity contribution in [2.75, 3.05) is 26.9 Å². The quantitative estimate of drug-likeness (QED) is 0.226. The van der Waals surface area contributed by atoms with Crippen molar-refractivity contribution < 1.29 is 29.1 Å². The third-order valence-electron chi connectivity index (χ3n) is 4.93. The standard InChI is InChI=1S/C22H22N2O7/c1-3-31-17-10-6-14(7-11-17)19-18(21(26)22(27)23(19)12-13-30-2)20(25)15-4-8-16(9-5-15)24(28)29/h4-11,19,25H,3,12-13H2,1-2H3/b20-18-. The molecule has 1 aliphatic heterocycles. The predicted molar refractivity (Wildman–Crippen MR) is 112 cm³/mol. The van der Waals surface area contributed by atoms with Gasteiger partial charge in [0.1, 0.15) is 11.5 Å². The van der Waals surface area contributed by atoms with Crippen molar-refractivity contribution >= 4 is 23.1 Å². The smallest absolute Gasteiger partial charge is 0.295 e. The molecule has 0 bridgehead atoms. The molecule has 3 rings (SSSR count). The maximum Gasteiger partial charge on any atom is 0.295 e. The zero-order valence-electron chi connectivity index (χ0n) is 17.1. The Balaban J connectivity index is 2.09. The molecule has 2 aromatic rings. The Hall–Kier alpha value is -3.72. The van der Waals surface area contributed by atoms with Crippen LogP contribution in [0.5, 0.6) is 5.75 Å². The number of methoxy groups -OCH3 is 1. The summed E-state index contributed by atoms with van der Waals surface area (Å²) < 4.78 is 10.5. The number of aliphatic hydroxyl groups excluding tert-OH is 1. The van der Waals surface area contributed by atoms with Gasteiger partial charge in [0.05, 0.1) is 29.8 Å². The first-order chi connectivity index (χ1) is 14.9. The third-order valence-corrected chi connectivity index (χ3v) is 4.93. The number of Topliss-reactive ketones (excluding diaryl/α,β-unsaturated/α-hetero) is 1. The van der Waals surface area contributed by atoms with E-state index in [1.807, 2.05) is 6.92 Å². The maximum absolute atomic E-state index is 12.8. The van der Waals surface area contributed by atoms with Gasteiger partial charge in [-0.15, -0.1) is 0 Å². The van der Waals surface area contributed by atoms with E-state index in [-0.39, 0.29) is 30.0 Å². The van der Waals surface area contributed by atoms with Gasteiger partial charge in [-0.2, -0.15) is 0 Å². The van der Waals surface area contributed by atoms with Crippen LogP contribution in [-0.2, 0) is 14.3 Å². The minimum absolute atomic E-state index is 0.0842. The van der Waals surface area contributed by atoms with Crippen molar-refractivity contribution in [3.8, 4) is 5.75 Å². The SMILES string of the molecule is CCOc1ccc(C2/C(=C(/O)c3ccc([N+](=O)[O-])cc3)C(=O)C(=O)N2CCOC)cc1. The lowest BCUT2D eigenvalue weighted by Crippen LogP contribution is -2.32. The number of nitro benzene ring substituents is 1. The van der Waals surface area contributed by atoms with E-state index in [1.165, 1.54) is 36.3 Å². The highest BCUT2D eigenvalue weighted by Crippen LogP contribution is 2.39. The molecule has 2 aromatic carbocycles. The zero-order chi connectivity index (χ0) is 22.5. The highest BCUT2D eigenvalue weighted by molar-refractivity contribution is 6.46. The number of rotatable bonds is 8. The van der Waals surface area contributed by atoms with Crippen LogP contribution in [0.1, 0.15) is 24.1 Å². The van der Waals surface area contributed by atoms with Crippen LogP contribution in [0, 0.1) is 10.1 Å². The number of ether oxygens (including phenoxy) is 2. The lowest BCUT2D eigenvalue weighted by Gasteiger charge is -2.25. The first kappa shape index (κ1) is 22.0. The molecule has 9 nitrogen and oxygen atoms in total. The number of benzene rings is 2. The summed E-state index contributed by atoms with van der Waals surface area (Å²) in [6, 6.07) is 11.2. The number of nitro groups is 1. The Morgan fingerprint density at radius 3 is 2.32 bits per heavy atom. The van der Waals surface area contributed by atoms with Crippen LogP contribution >= 0.6 is 0 Å². The Morgan fingerprint density at radius 2 is 1.77 bits per heavy atom. The lowest BCUT2D eigenvalue weighted by molar-refractivity contribution is -0.384. The third kappa shape index (κ3) is 4.41. The summed E-state index contributed by atoms with van der Waals surface area (Å²) in [5.41, 5.74) is 0.577. The molecule has 1 atom stereocenters. The van der Waals surface area contributed by atoms with E-state index in [1.54, 1.807) is 24.3 Å². The number of likely N-dealkylation sites (tertiary alicyclic amines) is 1. The predicted octanol–water partition coefficient (Wildman–Crippen LogP) is 3.06. The van der Waals surface area contributed by atoms with Gasteiger partial charge in [-0.1, -0.05) is 12.1 Å². The Morgan fingerprint density at radius 1 is 1.13 bits per heavy atom. The van der Waals surface area contributed by atoms with Gasteiger partial charge in [-0.05, 0) is 36.8 Å². The molecule has 1 fully saturated rings. The van der Waals surface area contributed by atoms with Crippen molar-refractivity contribution in [3.05, 3.63) is 75.3 Å². The van der Waals surface area contributed by atoms with Gasteiger partial charge in [0.25, 0.3) is 17.4 Å². The van der Waals surface area contributed by atoms with Crippen molar-refractivity contribution in [3.63, 3.8) is 0 Å². The number of non-ortho nitro benzene ring substituents is 1. The lowest BCUT2D eigenvalue weighted by atomic mass is 9.95. The van der Waals surface area contributed by atoms with E-state index < -0.39 is 28.4 Å². The molecule has 0 saturated carbocycles. The number of hydrogen-bond acceptors (Lipinski definition) is 7. The van der Waals surface area contributed by atoms with Gasteiger partial charge in [-0.25, -0.2) is 0 Å². The molecule has 1 amide bonds. The fourth-order valence-electron chi connectivity index (χ4n) is 3.46. The molecule has 1 aliphatic rings. The second-order valence-electron chi connectivity index (χ2n) is 6.79. The number of amides is 1. The number of carbonyl (C=O) groups is 2. The molecule has 162 valence electrons. The van der Waals surface area contributed by atoms with Gasteiger partial charge in [0.15, 0.2) is 0 Å². The van der Waals surface area contributed by atoms with Gasteiger partial charge in [0.2, 0.25) is 0 Å². The van der Waals surface area contributed by atoms with E-state index in [0.717, 1.165) is 0 Å². The second-order valence-corrected chi connectivity index (χ2v) is 6.79. The molecule has 1 N–H and O–H groups in total. The fraction of sp³-hybridized carbons (Fsp3) is 0.273. The molecule has 1 unspecified atom stereocenters. The van der Waals surface area contributed by atoms with Gasteiger partial charge in [-0.3, -0.25) is 19.7 Å². The van der Waals surface area contributed by atoms with Crippen LogP contribution in [0.15, 0.2) is 54.1 Å². The van der Waals surface area contributed by atoms with Crippen LogP contribution in [-0.4, -0.2) is 53.5 Å². The number of aliphatic hydroxyl groups is 1. The number of nitrogens with zero attached hydrogens (tertiary/aromatic N) is 2. The molecule has 0 aliphatic carbocycles. The summed E-state index contributed by atoms with van der Waals surface area (Å²) in [5, 5.41) is 21.8. The molecule has 0 radical (unpaired) electrons. The highest BCUT2D eigenvalue weighted by atomic mass is 16.6. The summed E-state index contributed by atoms with van der Waals surface area (Å²) in [5.74, 6) is -1.34. The average molecular weight is 426 g/mol. The monoisotopic (exact) mass is 426 g/mol. The Labute approximate surface area is 178 Å². The Kier molecular flexibility index (Phi) is 6.66. The van der Waals surface area contributed by atoms with Gasteiger partial charge in [0, 0.05) is 31.4 Å². The molecule has 0 aromatic heterocycles.